The highest BCUT2D eigenvalue weighted by Crippen LogP contribution is 2.45. The molecule has 70 valence electrons. The number of rotatable bonds is 0. The molecule has 0 fully saturated rings. The van der Waals surface area contributed by atoms with E-state index >= 15 is 0 Å². The first-order chi connectivity index (χ1) is 6.00. The van der Waals surface area contributed by atoms with E-state index in [-0.39, 0.29) is 11.5 Å². The summed E-state index contributed by atoms with van der Waals surface area (Å²) in [5, 5.41) is 10.7. The van der Waals surface area contributed by atoms with E-state index in [0.29, 0.717) is 5.02 Å². The molecule has 0 saturated carbocycles. The molecule has 1 aliphatic rings. The number of aliphatic hydroxyl groups is 1. The molecule has 1 nitrogen and oxygen atoms in total. The lowest BCUT2D eigenvalue weighted by Gasteiger charge is -2.22. The fraction of sp³-hybridized carbons (Fsp3) is 0.455. The quantitative estimate of drug-likeness (QED) is 0.677. The predicted molar refractivity (Wildman–Crippen MR) is 53.9 cm³/mol. The fourth-order valence-electron chi connectivity index (χ4n) is 1.99. The molecule has 0 heterocycles. The van der Waals surface area contributed by atoms with Crippen LogP contribution in [0.3, 0.4) is 0 Å². The summed E-state index contributed by atoms with van der Waals surface area (Å²) in [6, 6.07) is 5.76. The molecule has 1 unspecified atom stereocenters. The molecule has 0 spiro atoms. The van der Waals surface area contributed by atoms with Gasteiger partial charge < -0.3 is 5.11 Å². The maximum atomic E-state index is 9.97. The number of halogens is 1. The minimum Gasteiger partial charge on any atom is -0.388 e. The Bertz CT molecular complexity index is 344. The van der Waals surface area contributed by atoms with Gasteiger partial charge in [0.2, 0.25) is 0 Å². The van der Waals surface area contributed by atoms with Crippen LogP contribution in [0.1, 0.15) is 31.1 Å². The minimum atomic E-state index is -0.374. The third-order valence-corrected chi connectivity index (χ3v) is 3.02. The topological polar surface area (TPSA) is 20.2 Å². The van der Waals surface area contributed by atoms with Crippen LogP contribution in [-0.4, -0.2) is 5.11 Å². The minimum absolute atomic E-state index is 0.0486. The highest BCUT2D eigenvalue weighted by molar-refractivity contribution is 6.30. The Morgan fingerprint density at radius 2 is 2.15 bits per heavy atom. The number of fused-ring (bicyclic) bond motifs is 1. The lowest BCUT2D eigenvalue weighted by molar-refractivity contribution is 0.0666. The summed E-state index contributed by atoms with van der Waals surface area (Å²) in [7, 11) is 0. The van der Waals surface area contributed by atoms with Crippen molar-refractivity contribution in [2.45, 2.75) is 26.4 Å². The third-order valence-electron chi connectivity index (χ3n) is 2.79. The van der Waals surface area contributed by atoms with Crippen LogP contribution in [0.5, 0.6) is 0 Å². The molecular weight excluding hydrogens is 184 g/mol. The van der Waals surface area contributed by atoms with Crippen LogP contribution in [0.25, 0.3) is 0 Å². The Balaban J connectivity index is 2.51. The maximum absolute atomic E-state index is 9.97. The largest absolute Gasteiger partial charge is 0.388 e. The van der Waals surface area contributed by atoms with Gasteiger partial charge in [-0.15, -0.1) is 0 Å². The van der Waals surface area contributed by atoms with Gasteiger partial charge in [0.15, 0.2) is 0 Å². The van der Waals surface area contributed by atoms with Crippen molar-refractivity contribution in [3.8, 4) is 0 Å². The van der Waals surface area contributed by atoms with Gasteiger partial charge in [0, 0.05) is 5.02 Å². The summed E-state index contributed by atoms with van der Waals surface area (Å²) in [5.74, 6) is 0. The van der Waals surface area contributed by atoms with Gasteiger partial charge in [0.05, 0.1) is 6.10 Å². The van der Waals surface area contributed by atoms with Crippen LogP contribution in [-0.2, 0) is 6.42 Å². The van der Waals surface area contributed by atoms with E-state index in [1.54, 1.807) is 0 Å². The van der Waals surface area contributed by atoms with E-state index in [0.717, 1.165) is 12.0 Å². The molecule has 0 aromatic heterocycles. The van der Waals surface area contributed by atoms with E-state index in [1.807, 2.05) is 18.2 Å². The van der Waals surface area contributed by atoms with Gasteiger partial charge in [0.1, 0.15) is 0 Å². The summed E-state index contributed by atoms with van der Waals surface area (Å²) in [5.41, 5.74) is 2.17. The molecular formula is C11H13ClO. The Morgan fingerprint density at radius 1 is 1.46 bits per heavy atom. The first-order valence-electron chi connectivity index (χ1n) is 4.47. The maximum Gasteiger partial charge on any atom is 0.0847 e. The molecule has 0 amide bonds. The molecule has 1 N–H and O–H groups in total. The van der Waals surface area contributed by atoms with Gasteiger partial charge in [-0.05, 0) is 35.1 Å². The van der Waals surface area contributed by atoms with E-state index in [9.17, 15) is 5.11 Å². The standard InChI is InChI=1S/C11H13ClO/c1-11(2)6-7-3-4-8(12)5-9(7)10(11)13/h3-5,10,13H,6H2,1-2H3. The summed E-state index contributed by atoms with van der Waals surface area (Å²) in [6.45, 7) is 4.15. The van der Waals surface area contributed by atoms with Gasteiger partial charge in [-0.3, -0.25) is 0 Å². The molecule has 0 aliphatic heterocycles. The van der Waals surface area contributed by atoms with Gasteiger partial charge in [-0.2, -0.15) is 0 Å². The summed E-state index contributed by atoms with van der Waals surface area (Å²) in [4.78, 5) is 0. The molecule has 2 heteroatoms. The van der Waals surface area contributed by atoms with Crippen molar-refractivity contribution in [3.05, 3.63) is 34.3 Å². The predicted octanol–water partition coefficient (Wildman–Crippen LogP) is 2.96. The van der Waals surface area contributed by atoms with E-state index < -0.39 is 0 Å². The Kier molecular flexibility index (Phi) is 1.90. The summed E-state index contributed by atoms with van der Waals surface area (Å²) in [6.07, 6.45) is 0.557. The Labute approximate surface area is 83.3 Å². The smallest absolute Gasteiger partial charge is 0.0847 e. The number of hydrogen-bond acceptors (Lipinski definition) is 1. The third kappa shape index (κ3) is 1.36. The molecule has 1 aromatic carbocycles. The average Bonchev–Trinajstić information content (AvgIpc) is 2.26. The van der Waals surface area contributed by atoms with Crippen molar-refractivity contribution in [2.75, 3.05) is 0 Å². The lowest BCUT2D eigenvalue weighted by atomic mass is 9.88. The van der Waals surface area contributed by atoms with Crippen molar-refractivity contribution in [1.82, 2.24) is 0 Å². The first kappa shape index (κ1) is 9.04. The van der Waals surface area contributed by atoms with Crippen LogP contribution >= 0.6 is 11.6 Å². The van der Waals surface area contributed by atoms with Crippen molar-refractivity contribution in [2.24, 2.45) is 5.41 Å². The monoisotopic (exact) mass is 196 g/mol. The second-order valence-electron chi connectivity index (χ2n) is 4.41. The normalized spacial score (nSPS) is 24.5. The molecule has 1 atom stereocenters. The van der Waals surface area contributed by atoms with E-state index in [4.69, 9.17) is 11.6 Å². The van der Waals surface area contributed by atoms with Gasteiger partial charge in [-0.1, -0.05) is 31.5 Å². The highest BCUT2D eigenvalue weighted by atomic mass is 35.5. The molecule has 13 heavy (non-hydrogen) atoms. The van der Waals surface area contributed by atoms with Gasteiger partial charge in [0.25, 0.3) is 0 Å². The highest BCUT2D eigenvalue weighted by Gasteiger charge is 2.37. The molecule has 0 bridgehead atoms. The van der Waals surface area contributed by atoms with Crippen molar-refractivity contribution in [3.63, 3.8) is 0 Å². The van der Waals surface area contributed by atoms with Crippen LogP contribution in [0.4, 0.5) is 0 Å². The van der Waals surface area contributed by atoms with Crippen LogP contribution in [0.2, 0.25) is 5.02 Å². The number of benzene rings is 1. The number of hydrogen-bond donors (Lipinski definition) is 1. The zero-order valence-electron chi connectivity index (χ0n) is 7.84. The van der Waals surface area contributed by atoms with Crippen LogP contribution in [0.15, 0.2) is 18.2 Å². The molecule has 1 aromatic rings. The zero-order valence-corrected chi connectivity index (χ0v) is 8.60. The summed E-state index contributed by atoms with van der Waals surface area (Å²) >= 11 is 5.87. The lowest BCUT2D eigenvalue weighted by Crippen LogP contribution is -2.16. The molecule has 0 radical (unpaired) electrons. The number of aliphatic hydroxyl groups excluding tert-OH is 1. The van der Waals surface area contributed by atoms with E-state index in [2.05, 4.69) is 13.8 Å². The van der Waals surface area contributed by atoms with Gasteiger partial charge >= 0.3 is 0 Å². The second-order valence-corrected chi connectivity index (χ2v) is 4.85. The van der Waals surface area contributed by atoms with Crippen LogP contribution < -0.4 is 0 Å². The van der Waals surface area contributed by atoms with Crippen molar-refractivity contribution in [1.29, 1.82) is 0 Å². The molecule has 1 aliphatic carbocycles. The van der Waals surface area contributed by atoms with Crippen molar-refractivity contribution >= 4 is 11.6 Å². The van der Waals surface area contributed by atoms with Crippen molar-refractivity contribution < 1.29 is 5.11 Å². The Morgan fingerprint density at radius 3 is 2.85 bits per heavy atom. The second kappa shape index (κ2) is 2.73. The Hall–Kier alpha value is -0.530. The first-order valence-corrected chi connectivity index (χ1v) is 4.85. The van der Waals surface area contributed by atoms with E-state index in [1.165, 1.54) is 5.56 Å². The zero-order chi connectivity index (χ0) is 9.64. The average molecular weight is 197 g/mol. The SMILES string of the molecule is CC1(C)Cc2ccc(Cl)cc2C1O. The molecule has 0 saturated heterocycles. The fourth-order valence-corrected chi connectivity index (χ4v) is 2.17. The van der Waals surface area contributed by atoms with Gasteiger partial charge in [-0.25, -0.2) is 0 Å². The molecule has 2 rings (SSSR count). The summed E-state index contributed by atoms with van der Waals surface area (Å²) < 4.78 is 0. The van der Waals surface area contributed by atoms with Crippen LogP contribution in [0, 0.1) is 5.41 Å².